The van der Waals surface area contributed by atoms with Crippen LogP contribution < -0.4 is 4.72 Å². The van der Waals surface area contributed by atoms with Gasteiger partial charge in [-0.25, -0.2) is 13.1 Å². The molecule has 1 atom stereocenters. The number of hydrogen-bond acceptors (Lipinski definition) is 5. The van der Waals surface area contributed by atoms with E-state index >= 15 is 0 Å². The Morgan fingerprint density at radius 3 is 2.86 bits per heavy atom. The van der Waals surface area contributed by atoms with E-state index in [1.165, 1.54) is 11.3 Å². The molecule has 1 saturated heterocycles. The maximum absolute atomic E-state index is 12.7. The van der Waals surface area contributed by atoms with Gasteiger partial charge in [0, 0.05) is 21.9 Å². The van der Waals surface area contributed by atoms with Crippen LogP contribution in [-0.4, -0.2) is 31.1 Å². The highest BCUT2D eigenvalue weighted by molar-refractivity contribution is 7.99. The molecule has 0 bridgehead atoms. The number of hydrogen-bond donors (Lipinski definition) is 2. The van der Waals surface area contributed by atoms with Crippen LogP contribution in [0.15, 0.2) is 29.2 Å². The topological polar surface area (TPSA) is 66.4 Å². The normalized spacial score (nSPS) is 20.0. The van der Waals surface area contributed by atoms with Gasteiger partial charge in [0.1, 0.15) is 4.90 Å². The minimum Gasteiger partial charge on any atom is -0.391 e. The van der Waals surface area contributed by atoms with Crippen LogP contribution in [0, 0.1) is 0 Å². The number of sulfonamides is 1. The molecule has 1 aromatic heterocycles. The van der Waals surface area contributed by atoms with Gasteiger partial charge in [-0.2, -0.15) is 11.8 Å². The van der Waals surface area contributed by atoms with Crippen molar-refractivity contribution < 1.29 is 13.5 Å². The fraction of sp³-hybridized carbons (Fsp3) is 0.429. The molecular weight excluding hydrogens is 326 g/mol. The van der Waals surface area contributed by atoms with E-state index in [2.05, 4.69) is 4.72 Å². The smallest absolute Gasteiger partial charge is 0.242 e. The zero-order chi connectivity index (χ0) is 14.9. The summed E-state index contributed by atoms with van der Waals surface area (Å²) in [5.41, 5.74) is 0. The molecule has 0 amide bonds. The molecule has 114 valence electrons. The minimum atomic E-state index is -3.60. The first-order valence-electron chi connectivity index (χ1n) is 6.83. The number of aliphatic hydroxyl groups excluding tert-OH is 1. The van der Waals surface area contributed by atoms with E-state index in [-0.39, 0.29) is 17.5 Å². The lowest BCUT2D eigenvalue weighted by Gasteiger charge is -2.22. The lowest BCUT2D eigenvalue weighted by Crippen LogP contribution is -2.38. The van der Waals surface area contributed by atoms with Gasteiger partial charge in [0.2, 0.25) is 10.0 Å². The fourth-order valence-electron chi connectivity index (χ4n) is 2.58. The average Bonchev–Trinajstić information content (AvgIpc) is 2.87. The van der Waals surface area contributed by atoms with E-state index in [0.29, 0.717) is 10.3 Å². The Labute approximate surface area is 132 Å². The van der Waals surface area contributed by atoms with E-state index in [4.69, 9.17) is 0 Å². The van der Waals surface area contributed by atoms with Crippen molar-refractivity contribution in [1.29, 1.82) is 0 Å². The Balaban J connectivity index is 2.01. The number of rotatable bonds is 4. The van der Waals surface area contributed by atoms with Crippen molar-refractivity contribution in [1.82, 2.24) is 4.72 Å². The first-order valence-corrected chi connectivity index (χ1v) is 10.3. The van der Waals surface area contributed by atoms with Gasteiger partial charge in [-0.15, -0.1) is 11.3 Å². The van der Waals surface area contributed by atoms with Gasteiger partial charge in [0.15, 0.2) is 0 Å². The second kappa shape index (κ2) is 6.26. The van der Waals surface area contributed by atoms with Crippen LogP contribution in [0.25, 0.3) is 10.1 Å². The number of aliphatic hydroxyl groups is 1. The molecule has 2 N–H and O–H groups in total. The van der Waals surface area contributed by atoms with Crippen molar-refractivity contribution >= 4 is 43.2 Å². The maximum atomic E-state index is 12.7. The zero-order valence-corrected chi connectivity index (χ0v) is 13.9. The molecule has 0 saturated carbocycles. The second-order valence-corrected chi connectivity index (χ2v) is 8.98. The van der Waals surface area contributed by atoms with Crippen molar-refractivity contribution in [2.24, 2.45) is 0 Å². The van der Waals surface area contributed by atoms with E-state index in [1.807, 2.05) is 18.2 Å². The van der Waals surface area contributed by atoms with E-state index in [1.54, 1.807) is 17.8 Å². The third kappa shape index (κ3) is 3.12. The lowest BCUT2D eigenvalue weighted by molar-refractivity contribution is 0.282. The molecule has 3 rings (SSSR count). The summed E-state index contributed by atoms with van der Waals surface area (Å²) in [6, 6.07) is 7.37. The Kier molecular flexibility index (Phi) is 4.56. The quantitative estimate of drug-likeness (QED) is 0.895. The maximum Gasteiger partial charge on any atom is 0.242 e. The van der Waals surface area contributed by atoms with Crippen molar-refractivity contribution in [2.75, 3.05) is 11.5 Å². The zero-order valence-electron chi connectivity index (χ0n) is 11.4. The number of thiophene rings is 1. The van der Waals surface area contributed by atoms with Crippen LogP contribution in [0.1, 0.15) is 17.7 Å². The van der Waals surface area contributed by atoms with Crippen LogP contribution in [0.4, 0.5) is 0 Å². The molecular formula is C14H17NO3S3. The van der Waals surface area contributed by atoms with Gasteiger partial charge < -0.3 is 5.11 Å². The molecule has 0 radical (unpaired) electrons. The van der Waals surface area contributed by atoms with Crippen molar-refractivity contribution in [3.8, 4) is 0 Å². The summed E-state index contributed by atoms with van der Waals surface area (Å²) >= 11 is 3.12. The Morgan fingerprint density at radius 1 is 1.33 bits per heavy atom. The van der Waals surface area contributed by atoms with Crippen LogP contribution in [0.5, 0.6) is 0 Å². The number of fused-ring (bicyclic) bond motifs is 1. The summed E-state index contributed by atoms with van der Waals surface area (Å²) in [4.78, 5) is 0.758. The Morgan fingerprint density at radius 2 is 2.14 bits per heavy atom. The average molecular weight is 343 g/mol. The van der Waals surface area contributed by atoms with E-state index in [9.17, 15) is 13.5 Å². The highest BCUT2D eigenvalue weighted by Gasteiger charge is 2.27. The molecule has 1 aliphatic rings. The molecule has 1 unspecified atom stereocenters. The predicted octanol–water partition coefficient (Wildman–Crippen LogP) is 2.57. The van der Waals surface area contributed by atoms with E-state index < -0.39 is 10.0 Å². The monoisotopic (exact) mass is 343 g/mol. The van der Waals surface area contributed by atoms with Gasteiger partial charge >= 0.3 is 0 Å². The highest BCUT2D eigenvalue weighted by Crippen LogP contribution is 2.35. The van der Waals surface area contributed by atoms with Crippen LogP contribution in [-0.2, 0) is 16.6 Å². The molecule has 4 nitrogen and oxygen atoms in total. The number of thioether (sulfide) groups is 1. The van der Waals surface area contributed by atoms with Crippen LogP contribution >= 0.6 is 23.1 Å². The Bertz CT molecular complexity index is 733. The van der Waals surface area contributed by atoms with Crippen molar-refractivity contribution in [2.45, 2.75) is 30.4 Å². The van der Waals surface area contributed by atoms with Gasteiger partial charge in [-0.3, -0.25) is 0 Å². The summed E-state index contributed by atoms with van der Waals surface area (Å²) in [5.74, 6) is 1.91. The molecule has 1 aliphatic heterocycles. The number of benzene rings is 1. The van der Waals surface area contributed by atoms with Crippen LogP contribution in [0.3, 0.4) is 0 Å². The first kappa shape index (κ1) is 15.3. The molecule has 0 spiro atoms. The standard InChI is InChI=1S/C14H17NO3S3/c16-8-13-14(11-5-1-2-6-12(11)20-13)21(17,18)15-10-4-3-7-19-9-10/h1-2,5-6,10,15-16H,3-4,7-9H2. The predicted molar refractivity (Wildman–Crippen MR) is 88.4 cm³/mol. The summed E-state index contributed by atoms with van der Waals surface area (Å²) in [6.07, 6.45) is 1.91. The summed E-state index contributed by atoms with van der Waals surface area (Å²) in [5, 5.41) is 10.2. The Hall–Kier alpha value is -0.600. The van der Waals surface area contributed by atoms with Gasteiger partial charge in [0.25, 0.3) is 0 Å². The largest absolute Gasteiger partial charge is 0.391 e. The third-order valence-electron chi connectivity index (χ3n) is 3.51. The summed E-state index contributed by atoms with van der Waals surface area (Å²) in [6.45, 7) is -0.255. The SMILES string of the molecule is O=S(=O)(NC1CCCSC1)c1c(CO)sc2ccccc12. The second-order valence-electron chi connectivity index (χ2n) is 5.04. The van der Waals surface area contributed by atoms with Crippen LogP contribution in [0.2, 0.25) is 0 Å². The molecule has 0 aliphatic carbocycles. The molecule has 7 heteroatoms. The summed E-state index contributed by atoms with van der Waals surface area (Å²) < 4.78 is 29.2. The first-order chi connectivity index (χ1) is 10.1. The summed E-state index contributed by atoms with van der Waals surface area (Å²) in [7, 11) is -3.60. The molecule has 2 heterocycles. The van der Waals surface area contributed by atoms with Gasteiger partial charge in [0.05, 0.1) is 11.5 Å². The lowest BCUT2D eigenvalue weighted by atomic mass is 10.2. The van der Waals surface area contributed by atoms with E-state index in [0.717, 1.165) is 29.0 Å². The highest BCUT2D eigenvalue weighted by atomic mass is 32.2. The van der Waals surface area contributed by atoms with Crippen molar-refractivity contribution in [3.05, 3.63) is 29.1 Å². The fourth-order valence-corrected chi connectivity index (χ4v) is 6.83. The van der Waals surface area contributed by atoms with Gasteiger partial charge in [-0.05, 0) is 24.7 Å². The molecule has 1 fully saturated rings. The van der Waals surface area contributed by atoms with Gasteiger partial charge in [-0.1, -0.05) is 18.2 Å². The molecule has 21 heavy (non-hydrogen) atoms. The third-order valence-corrected chi connectivity index (χ3v) is 7.66. The molecule has 1 aromatic carbocycles. The minimum absolute atomic E-state index is 0.0149. The molecule has 2 aromatic rings. The van der Waals surface area contributed by atoms with Crippen molar-refractivity contribution in [3.63, 3.8) is 0 Å². The number of nitrogens with one attached hydrogen (secondary N) is 1.